The molecular formula is C11H15N5O. The molecule has 0 spiro atoms. The smallest absolute Gasteiger partial charge is 0.281 e. The molecular weight excluding hydrogens is 218 g/mol. The number of nitrogens with zero attached hydrogens (tertiary/aromatic N) is 4. The van der Waals surface area contributed by atoms with Crippen LogP contribution < -0.4 is 10.9 Å². The Morgan fingerprint density at radius 3 is 2.82 bits per heavy atom. The summed E-state index contributed by atoms with van der Waals surface area (Å²) in [4.78, 5) is 16.7. The summed E-state index contributed by atoms with van der Waals surface area (Å²) < 4.78 is 3.11. The number of aromatic nitrogens is 4. The maximum atomic E-state index is 12.3. The molecule has 0 fully saturated rings. The van der Waals surface area contributed by atoms with Gasteiger partial charge in [-0.3, -0.25) is 14.0 Å². The first-order valence-corrected chi connectivity index (χ1v) is 5.33. The quantitative estimate of drug-likeness (QED) is 0.791. The third kappa shape index (κ3) is 1.61. The van der Waals surface area contributed by atoms with Crippen LogP contribution in [0.15, 0.2) is 17.4 Å². The highest BCUT2D eigenvalue weighted by atomic mass is 16.1. The summed E-state index contributed by atoms with van der Waals surface area (Å²) in [6.45, 7) is 5.90. The lowest BCUT2D eigenvalue weighted by Gasteiger charge is -2.09. The molecule has 2 heterocycles. The second-order valence-electron chi connectivity index (χ2n) is 3.80. The third-order valence-electron chi connectivity index (χ3n) is 2.65. The van der Waals surface area contributed by atoms with E-state index in [0.29, 0.717) is 23.5 Å². The molecule has 0 unspecified atom stereocenters. The predicted octanol–water partition coefficient (Wildman–Crippen LogP) is 0.666. The number of hydrogen-bond donors (Lipinski definition) is 1. The van der Waals surface area contributed by atoms with E-state index in [4.69, 9.17) is 0 Å². The van der Waals surface area contributed by atoms with Gasteiger partial charge < -0.3 is 5.32 Å². The molecule has 0 amide bonds. The van der Waals surface area contributed by atoms with Gasteiger partial charge in [-0.25, -0.2) is 4.98 Å². The van der Waals surface area contributed by atoms with Crippen LogP contribution in [0.3, 0.4) is 0 Å². The topological polar surface area (TPSA) is 64.7 Å². The van der Waals surface area contributed by atoms with Crippen LogP contribution in [0.4, 0.5) is 5.95 Å². The Morgan fingerprint density at radius 2 is 2.24 bits per heavy atom. The van der Waals surface area contributed by atoms with E-state index in [1.165, 1.54) is 4.57 Å². The molecule has 2 aromatic rings. The SMILES string of the molecule is C=CCn1c(NC)nc2c(C)nn(C)c2c1=O. The van der Waals surface area contributed by atoms with Crippen LogP contribution in [0, 0.1) is 6.92 Å². The average molecular weight is 233 g/mol. The predicted molar refractivity (Wildman–Crippen MR) is 67.2 cm³/mol. The summed E-state index contributed by atoms with van der Waals surface area (Å²) >= 11 is 0. The molecule has 0 aliphatic rings. The Hall–Kier alpha value is -2.11. The van der Waals surface area contributed by atoms with E-state index >= 15 is 0 Å². The van der Waals surface area contributed by atoms with Gasteiger partial charge in [0, 0.05) is 20.6 Å². The molecule has 0 aromatic carbocycles. The molecule has 1 N–H and O–H groups in total. The number of fused-ring (bicyclic) bond motifs is 1. The van der Waals surface area contributed by atoms with Gasteiger partial charge in [0.15, 0.2) is 5.52 Å². The van der Waals surface area contributed by atoms with Crippen molar-refractivity contribution in [3.63, 3.8) is 0 Å². The van der Waals surface area contributed by atoms with E-state index in [9.17, 15) is 4.79 Å². The van der Waals surface area contributed by atoms with Gasteiger partial charge in [0.05, 0.1) is 5.69 Å². The maximum absolute atomic E-state index is 12.3. The van der Waals surface area contributed by atoms with Crippen LogP contribution in [-0.4, -0.2) is 26.4 Å². The van der Waals surface area contributed by atoms with E-state index in [-0.39, 0.29) is 5.56 Å². The molecule has 0 saturated carbocycles. The van der Waals surface area contributed by atoms with Crippen LogP contribution in [0.1, 0.15) is 5.69 Å². The number of anilines is 1. The van der Waals surface area contributed by atoms with E-state index in [1.54, 1.807) is 24.9 Å². The second kappa shape index (κ2) is 4.04. The molecule has 0 bridgehead atoms. The molecule has 0 aliphatic heterocycles. The number of hydrogen-bond acceptors (Lipinski definition) is 4. The van der Waals surface area contributed by atoms with Gasteiger partial charge in [-0.05, 0) is 6.92 Å². The minimum atomic E-state index is -0.109. The normalized spacial score (nSPS) is 10.8. The number of aryl methyl sites for hydroxylation is 2. The summed E-state index contributed by atoms with van der Waals surface area (Å²) in [6, 6.07) is 0. The average Bonchev–Trinajstić information content (AvgIpc) is 2.58. The summed E-state index contributed by atoms with van der Waals surface area (Å²) in [5, 5.41) is 7.13. The Balaban J connectivity index is 2.90. The van der Waals surface area contributed by atoms with Crippen LogP contribution in [0.2, 0.25) is 0 Å². The number of rotatable bonds is 3. The van der Waals surface area contributed by atoms with Crippen molar-refractivity contribution in [1.29, 1.82) is 0 Å². The summed E-state index contributed by atoms with van der Waals surface area (Å²) in [7, 11) is 3.48. The highest BCUT2D eigenvalue weighted by Crippen LogP contribution is 2.13. The van der Waals surface area contributed by atoms with Crippen molar-refractivity contribution in [1.82, 2.24) is 19.3 Å². The van der Waals surface area contributed by atoms with Crippen molar-refractivity contribution < 1.29 is 0 Å². The summed E-state index contributed by atoms with van der Waals surface area (Å²) in [6.07, 6.45) is 1.67. The molecule has 6 nitrogen and oxygen atoms in total. The van der Waals surface area contributed by atoms with E-state index in [1.807, 2.05) is 6.92 Å². The van der Waals surface area contributed by atoms with Crippen molar-refractivity contribution in [2.45, 2.75) is 13.5 Å². The van der Waals surface area contributed by atoms with Crippen LogP contribution >= 0.6 is 0 Å². The lowest BCUT2D eigenvalue weighted by molar-refractivity contribution is 0.746. The van der Waals surface area contributed by atoms with Gasteiger partial charge in [-0.2, -0.15) is 5.10 Å². The standard InChI is InChI=1S/C11H15N5O/c1-5-6-16-10(17)9-8(13-11(16)12-3)7(2)14-15(9)4/h5H,1,6H2,2-4H3,(H,12,13). The Labute approximate surface area is 98.6 Å². The molecule has 2 rings (SSSR count). The fraction of sp³-hybridized carbons (Fsp3) is 0.364. The van der Waals surface area contributed by atoms with Crippen molar-refractivity contribution in [3.8, 4) is 0 Å². The minimum Gasteiger partial charge on any atom is -0.359 e. The summed E-state index contributed by atoms with van der Waals surface area (Å²) in [5.74, 6) is 0.526. The first-order chi connectivity index (χ1) is 8.10. The molecule has 6 heteroatoms. The monoisotopic (exact) mass is 233 g/mol. The largest absolute Gasteiger partial charge is 0.359 e. The van der Waals surface area contributed by atoms with Crippen LogP contribution in [-0.2, 0) is 13.6 Å². The van der Waals surface area contributed by atoms with Crippen molar-refractivity contribution in [3.05, 3.63) is 28.7 Å². The van der Waals surface area contributed by atoms with Gasteiger partial charge in [-0.15, -0.1) is 6.58 Å². The third-order valence-corrected chi connectivity index (χ3v) is 2.65. The zero-order chi connectivity index (χ0) is 12.6. The lowest BCUT2D eigenvalue weighted by atomic mass is 10.3. The maximum Gasteiger partial charge on any atom is 0.281 e. The highest BCUT2D eigenvalue weighted by Gasteiger charge is 2.15. The second-order valence-corrected chi connectivity index (χ2v) is 3.80. The van der Waals surface area contributed by atoms with Gasteiger partial charge >= 0.3 is 0 Å². The van der Waals surface area contributed by atoms with E-state index in [0.717, 1.165) is 5.69 Å². The van der Waals surface area contributed by atoms with Gasteiger partial charge in [0.1, 0.15) is 5.52 Å². The molecule has 0 atom stereocenters. The fourth-order valence-electron chi connectivity index (χ4n) is 1.90. The Morgan fingerprint density at radius 1 is 1.53 bits per heavy atom. The minimum absolute atomic E-state index is 0.109. The Kier molecular flexibility index (Phi) is 2.71. The first-order valence-electron chi connectivity index (χ1n) is 5.33. The van der Waals surface area contributed by atoms with Crippen molar-refractivity contribution >= 4 is 17.0 Å². The number of allylic oxidation sites excluding steroid dienone is 1. The van der Waals surface area contributed by atoms with Gasteiger partial charge in [0.25, 0.3) is 5.56 Å². The molecule has 0 radical (unpaired) electrons. The van der Waals surface area contributed by atoms with Crippen molar-refractivity contribution in [2.24, 2.45) is 7.05 Å². The molecule has 0 saturated heterocycles. The van der Waals surface area contributed by atoms with Gasteiger partial charge in [-0.1, -0.05) is 6.08 Å². The van der Waals surface area contributed by atoms with Gasteiger partial charge in [0.2, 0.25) is 5.95 Å². The molecule has 17 heavy (non-hydrogen) atoms. The zero-order valence-electron chi connectivity index (χ0n) is 10.2. The zero-order valence-corrected chi connectivity index (χ0v) is 10.2. The van der Waals surface area contributed by atoms with Crippen LogP contribution in [0.5, 0.6) is 0 Å². The number of nitrogens with one attached hydrogen (secondary N) is 1. The summed E-state index contributed by atoms with van der Waals surface area (Å²) in [5.41, 5.74) is 1.80. The fourth-order valence-corrected chi connectivity index (χ4v) is 1.90. The highest BCUT2D eigenvalue weighted by molar-refractivity contribution is 5.77. The van der Waals surface area contributed by atoms with Crippen molar-refractivity contribution in [2.75, 3.05) is 12.4 Å². The van der Waals surface area contributed by atoms with E-state index < -0.39 is 0 Å². The Bertz CT molecular complexity index is 637. The first kappa shape index (κ1) is 11.4. The lowest BCUT2D eigenvalue weighted by Crippen LogP contribution is -2.25. The van der Waals surface area contributed by atoms with Crippen LogP contribution in [0.25, 0.3) is 11.0 Å². The molecule has 2 aromatic heterocycles. The molecule has 0 aliphatic carbocycles. The molecule has 90 valence electrons. The van der Waals surface area contributed by atoms with E-state index in [2.05, 4.69) is 22.0 Å².